The van der Waals surface area contributed by atoms with Gasteiger partial charge in [-0.25, -0.2) is 0 Å². The molecule has 1 aliphatic rings. The number of nitrogens with two attached hydrogens (primary N) is 1. The van der Waals surface area contributed by atoms with Crippen LogP contribution in [0.15, 0.2) is 12.1 Å². The Morgan fingerprint density at radius 1 is 1.65 bits per heavy atom. The molecule has 3 N–H and O–H groups in total. The molecule has 2 heterocycles. The standard InChI is InChI=1S/C10H14N4O3/c11-10-8(14(15)16)1-2-9(13-10)17-6-7-3-4-12-5-7/h1-2,7,12H,3-6H2,(H2,11,13). The van der Waals surface area contributed by atoms with E-state index in [0.29, 0.717) is 18.4 Å². The van der Waals surface area contributed by atoms with E-state index in [1.165, 1.54) is 12.1 Å². The molecule has 1 unspecified atom stereocenters. The summed E-state index contributed by atoms with van der Waals surface area (Å²) in [4.78, 5) is 13.8. The van der Waals surface area contributed by atoms with Crippen LogP contribution >= 0.6 is 0 Å². The molecule has 0 saturated carbocycles. The van der Waals surface area contributed by atoms with Crippen molar-refractivity contribution >= 4 is 11.5 Å². The molecule has 17 heavy (non-hydrogen) atoms. The number of nitrogen functional groups attached to an aromatic ring is 1. The second kappa shape index (κ2) is 4.96. The average molecular weight is 238 g/mol. The zero-order chi connectivity index (χ0) is 12.3. The molecule has 2 rings (SSSR count). The Bertz CT molecular complexity index is 418. The van der Waals surface area contributed by atoms with Crippen LogP contribution in [0, 0.1) is 16.0 Å². The number of nitrogens with zero attached hydrogens (tertiary/aromatic N) is 2. The Hall–Kier alpha value is -1.89. The molecule has 0 radical (unpaired) electrons. The highest BCUT2D eigenvalue weighted by Crippen LogP contribution is 2.22. The van der Waals surface area contributed by atoms with Crippen LogP contribution in [0.2, 0.25) is 0 Å². The van der Waals surface area contributed by atoms with E-state index in [2.05, 4.69) is 10.3 Å². The highest BCUT2D eigenvalue weighted by molar-refractivity contribution is 5.53. The van der Waals surface area contributed by atoms with Crippen LogP contribution in [-0.4, -0.2) is 29.6 Å². The average Bonchev–Trinajstić information content (AvgIpc) is 2.78. The van der Waals surface area contributed by atoms with E-state index in [0.717, 1.165) is 19.5 Å². The van der Waals surface area contributed by atoms with Crippen molar-refractivity contribution in [3.05, 3.63) is 22.2 Å². The summed E-state index contributed by atoms with van der Waals surface area (Å²) in [7, 11) is 0. The number of hydrogen-bond donors (Lipinski definition) is 2. The van der Waals surface area contributed by atoms with E-state index >= 15 is 0 Å². The predicted octanol–water partition coefficient (Wildman–Crippen LogP) is 0.560. The Labute approximate surface area is 98.1 Å². The highest BCUT2D eigenvalue weighted by Gasteiger charge is 2.17. The molecular formula is C10H14N4O3. The number of aromatic nitrogens is 1. The van der Waals surface area contributed by atoms with Crippen LogP contribution in [0.25, 0.3) is 0 Å². The largest absolute Gasteiger partial charge is 0.477 e. The number of nitro groups is 1. The van der Waals surface area contributed by atoms with Gasteiger partial charge in [-0.15, -0.1) is 0 Å². The Morgan fingerprint density at radius 3 is 3.06 bits per heavy atom. The van der Waals surface area contributed by atoms with Gasteiger partial charge in [0.05, 0.1) is 11.5 Å². The lowest BCUT2D eigenvalue weighted by atomic mass is 10.1. The van der Waals surface area contributed by atoms with Crippen LogP contribution < -0.4 is 15.8 Å². The molecule has 1 saturated heterocycles. The fraction of sp³-hybridized carbons (Fsp3) is 0.500. The number of anilines is 1. The minimum Gasteiger partial charge on any atom is -0.477 e. The first-order chi connectivity index (χ1) is 8.16. The second-order valence-electron chi connectivity index (χ2n) is 3.98. The molecule has 0 aromatic carbocycles. The summed E-state index contributed by atoms with van der Waals surface area (Å²) in [6.45, 7) is 2.49. The van der Waals surface area contributed by atoms with E-state index in [9.17, 15) is 10.1 Å². The minimum absolute atomic E-state index is 0.114. The molecule has 92 valence electrons. The molecule has 1 aromatic rings. The van der Waals surface area contributed by atoms with Gasteiger partial charge in [0.1, 0.15) is 0 Å². The maximum atomic E-state index is 10.5. The zero-order valence-corrected chi connectivity index (χ0v) is 9.26. The quantitative estimate of drug-likeness (QED) is 0.586. The Kier molecular flexibility index (Phi) is 3.38. The normalized spacial score (nSPS) is 19.2. The number of pyridine rings is 1. The van der Waals surface area contributed by atoms with E-state index < -0.39 is 4.92 Å². The van der Waals surface area contributed by atoms with E-state index in [-0.39, 0.29) is 11.5 Å². The first-order valence-electron chi connectivity index (χ1n) is 5.41. The van der Waals surface area contributed by atoms with E-state index in [1.54, 1.807) is 0 Å². The molecule has 1 atom stereocenters. The molecule has 1 aromatic heterocycles. The third kappa shape index (κ3) is 2.82. The first-order valence-corrected chi connectivity index (χ1v) is 5.41. The third-order valence-corrected chi connectivity index (χ3v) is 2.70. The second-order valence-corrected chi connectivity index (χ2v) is 3.98. The van der Waals surface area contributed by atoms with Crippen molar-refractivity contribution in [2.75, 3.05) is 25.4 Å². The van der Waals surface area contributed by atoms with Gasteiger partial charge in [-0.05, 0) is 13.0 Å². The predicted molar refractivity (Wildman–Crippen MR) is 61.8 cm³/mol. The summed E-state index contributed by atoms with van der Waals surface area (Å²) in [6, 6.07) is 2.78. The van der Waals surface area contributed by atoms with Crippen molar-refractivity contribution in [1.82, 2.24) is 10.3 Å². The molecule has 0 bridgehead atoms. The van der Waals surface area contributed by atoms with Crippen molar-refractivity contribution in [2.24, 2.45) is 5.92 Å². The number of rotatable bonds is 4. The smallest absolute Gasteiger partial charge is 0.311 e. The van der Waals surface area contributed by atoms with Gasteiger partial charge in [0.2, 0.25) is 11.7 Å². The summed E-state index contributed by atoms with van der Waals surface area (Å²) < 4.78 is 5.45. The summed E-state index contributed by atoms with van der Waals surface area (Å²) in [6.07, 6.45) is 1.07. The highest BCUT2D eigenvalue weighted by atomic mass is 16.6. The molecule has 1 aliphatic heterocycles. The molecule has 7 nitrogen and oxygen atoms in total. The zero-order valence-electron chi connectivity index (χ0n) is 9.26. The number of ether oxygens (including phenoxy) is 1. The monoisotopic (exact) mass is 238 g/mol. The van der Waals surface area contributed by atoms with Gasteiger partial charge in [-0.3, -0.25) is 10.1 Å². The Morgan fingerprint density at radius 2 is 2.47 bits per heavy atom. The van der Waals surface area contributed by atoms with Gasteiger partial charge < -0.3 is 15.8 Å². The first kappa shape index (κ1) is 11.6. The van der Waals surface area contributed by atoms with Crippen LogP contribution in [0.3, 0.4) is 0 Å². The van der Waals surface area contributed by atoms with Crippen LogP contribution in [0.5, 0.6) is 5.88 Å². The maximum Gasteiger partial charge on any atom is 0.311 e. The van der Waals surface area contributed by atoms with Gasteiger partial charge in [0, 0.05) is 24.6 Å². The lowest BCUT2D eigenvalue weighted by molar-refractivity contribution is -0.384. The van der Waals surface area contributed by atoms with Crippen molar-refractivity contribution in [3.63, 3.8) is 0 Å². The van der Waals surface area contributed by atoms with Gasteiger partial charge in [-0.2, -0.15) is 4.98 Å². The molecule has 0 spiro atoms. The molecular weight excluding hydrogens is 224 g/mol. The van der Waals surface area contributed by atoms with E-state index in [4.69, 9.17) is 10.5 Å². The van der Waals surface area contributed by atoms with Crippen LogP contribution in [0.1, 0.15) is 6.42 Å². The fourth-order valence-electron chi connectivity index (χ4n) is 1.74. The summed E-state index contributed by atoms with van der Waals surface area (Å²) in [5, 5.41) is 13.8. The lowest BCUT2D eigenvalue weighted by Crippen LogP contribution is -2.16. The van der Waals surface area contributed by atoms with Gasteiger partial charge in [0.25, 0.3) is 0 Å². The van der Waals surface area contributed by atoms with Crippen LogP contribution in [0.4, 0.5) is 11.5 Å². The SMILES string of the molecule is Nc1nc(OCC2CCNC2)ccc1[N+](=O)[O-]. The van der Waals surface area contributed by atoms with Crippen molar-refractivity contribution < 1.29 is 9.66 Å². The van der Waals surface area contributed by atoms with Crippen LogP contribution in [-0.2, 0) is 0 Å². The molecule has 0 amide bonds. The summed E-state index contributed by atoms with van der Waals surface area (Å²) in [5.41, 5.74) is 5.27. The topological polar surface area (TPSA) is 103 Å². The molecule has 1 fully saturated rings. The summed E-state index contributed by atoms with van der Waals surface area (Å²) in [5.74, 6) is 0.685. The van der Waals surface area contributed by atoms with Crippen molar-refractivity contribution in [2.45, 2.75) is 6.42 Å². The Balaban J connectivity index is 1.97. The van der Waals surface area contributed by atoms with Gasteiger partial charge in [-0.1, -0.05) is 0 Å². The molecule has 7 heteroatoms. The number of hydrogen-bond acceptors (Lipinski definition) is 6. The molecule has 0 aliphatic carbocycles. The van der Waals surface area contributed by atoms with Crippen molar-refractivity contribution in [1.29, 1.82) is 0 Å². The van der Waals surface area contributed by atoms with Gasteiger partial charge in [0.15, 0.2) is 0 Å². The third-order valence-electron chi connectivity index (χ3n) is 2.70. The number of nitrogens with one attached hydrogen (secondary N) is 1. The van der Waals surface area contributed by atoms with Crippen molar-refractivity contribution in [3.8, 4) is 5.88 Å². The minimum atomic E-state index is -0.562. The summed E-state index contributed by atoms with van der Waals surface area (Å²) >= 11 is 0. The maximum absolute atomic E-state index is 10.5. The lowest BCUT2D eigenvalue weighted by Gasteiger charge is -2.10. The van der Waals surface area contributed by atoms with Gasteiger partial charge >= 0.3 is 5.69 Å². The fourth-order valence-corrected chi connectivity index (χ4v) is 1.74. The van der Waals surface area contributed by atoms with E-state index in [1.807, 2.05) is 0 Å².